The first-order valence-electron chi connectivity index (χ1n) is 9.00. The van der Waals surface area contributed by atoms with Crippen LogP contribution in [0.4, 0.5) is 5.69 Å². The molecule has 0 saturated carbocycles. The molecule has 0 aliphatic heterocycles. The maximum absolute atomic E-state index is 12.4. The standard InChI is InChI=1S/C21H22N2O4S2/c1-15-5-11-19(12-6-15)27-14-16(2)22-21(24)17-7-9-18(10-8-17)23-29(25,26)20-4-3-13-28-20/h3-13,16,23H,14H2,1-2H3,(H,22,24)/t16-/m0/s1. The summed E-state index contributed by atoms with van der Waals surface area (Å²) in [6, 6.07) is 17.0. The van der Waals surface area contributed by atoms with Gasteiger partial charge in [0.15, 0.2) is 0 Å². The van der Waals surface area contributed by atoms with Gasteiger partial charge in [0.2, 0.25) is 0 Å². The summed E-state index contributed by atoms with van der Waals surface area (Å²) in [4.78, 5) is 12.4. The Morgan fingerprint density at radius 2 is 1.76 bits per heavy atom. The minimum Gasteiger partial charge on any atom is -0.491 e. The molecule has 0 spiro atoms. The molecule has 0 aliphatic rings. The first kappa shape index (κ1) is 20.9. The van der Waals surface area contributed by atoms with Crippen molar-refractivity contribution in [3.8, 4) is 5.75 Å². The Morgan fingerprint density at radius 3 is 2.38 bits per heavy atom. The van der Waals surface area contributed by atoms with Crippen LogP contribution in [0.25, 0.3) is 0 Å². The van der Waals surface area contributed by atoms with E-state index in [9.17, 15) is 13.2 Å². The highest BCUT2D eigenvalue weighted by Gasteiger charge is 2.16. The summed E-state index contributed by atoms with van der Waals surface area (Å²) < 4.78 is 32.9. The van der Waals surface area contributed by atoms with Crippen LogP contribution in [-0.2, 0) is 10.0 Å². The van der Waals surface area contributed by atoms with Crippen LogP contribution in [0.5, 0.6) is 5.75 Å². The number of carbonyl (C=O) groups excluding carboxylic acids is 1. The van der Waals surface area contributed by atoms with Gasteiger partial charge in [0.25, 0.3) is 15.9 Å². The summed E-state index contributed by atoms with van der Waals surface area (Å²) in [5.41, 5.74) is 1.98. The lowest BCUT2D eigenvalue weighted by Gasteiger charge is -2.15. The number of benzene rings is 2. The number of carbonyl (C=O) groups is 1. The minimum atomic E-state index is -3.61. The van der Waals surface area contributed by atoms with Gasteiger partial charge in [0.05, 0.1) is 6.04 Å². The van der Waals surface area contributed by atoms with Crippen LogP contribution in [0.2, 0.25) is 0 Å². The summed E-state index contributed by atoms with van der Waals surface area (Å²) in [6.45, 7) is 4.20. The summed E-state index contributed by atoms with van der Waals surface area (Å²) in [6.07, 6.45) is 0. The van der Waals surface area contributed by atoms with E-state index in [2.05, 4.69) is 10.0 Å². The Hall–Kier alpha value is -2.84. The van der Waals surface area contributed by atoms with Gasteiger partial charge in [-0.05, 0) is 61.7 Å². The number of amides is 1. The van der Waals surface area contributed by atoms with E-state index >= 15 is 0 Å². The zero-order chi connectivity index (χ0) is 20.9. The molecule has 152 valence electrons. The largest absolute Gasteiger partial charge is 0.491 e. The number of ether oxygens (including phenoxy) is 1. The molecule has 3 aromatic rings. The van der Waals surface area contributed by atoms with Gasteiger partial charge in [0, 0.05) is 11.3 Å². The number of hydrogen-bond acceptors (Lipinski definition) is 5. The highest BCUT2D eigenvalue weighted by atomic mass is 32.2. The van der Waals surface area contributed by atoms with Crippen molar-refractivity contribution in [1.82, 2.24) is 5.32 Å². The van der Waals surface area contributed by atoms with E-state index in [0.29, 0.717) is 17.9 Å². The van der Waals surface area contributed by atoms with E-state index in [1.807, 2.05) is 38.1 Å². The van der Waals surface area contributed by atoms with Gasteiger partial charge < -0.3 is 10.1 Å². The molecule has 0 bridgehead atoms. The van der Waals surface area contributed by atoms with Gasteiger partial charge in [-0.3, -0.25) is 9.52 Å². The molecule has 0 aliphatic carbocycles. The van der Waals surface area contributed by atoms with E-state index in [-0.39, 0.29) is 16.2 Å². The van der Waals surface area contributed by atoms with Crippen molar-refractivity contribution >= 4 is 33.0 Å². The van der Waals surface area contributed by atoms with Crippen LogP contribution in [0, 0.1) is 6.92 Å². The normalized spacial score (nSPS) is 12.2. The highest BCUT2D eigenvalue weighted by molar-refractivity contribution is 7.94. The number of rotatable bonds is 8. The lowest BCUT2D eigenvalue weighted by molar-refractivity contribution is 0.0926. The highest BCUT2D eigenvalue weighted by Crippen LogP contribution is 2.20. The van der Waals surface area contributed by atoms with Crippen molar-refractivity contribution in [2.75, 3.05) is 11.3 Å². The fourth-order valence-electron chi connectivity index (χ4n) is 2.52. The summed E-state index contributed by atoms with van der Waals surface area (Å²) in [5, 5.41) is 4.57. The maximum atomic E-state index is 12.4. The topological polar surface area (TPSA) is 84.5 Å². The Kier molecular flexibility index (Phi) is 6.56. The molecule has 1 atom stereocenters. The van der Waals surface area contributed by atoms with Crippen LogP contribution >= 0.6 is 11.3 Å². The lowest BCUT2D eigenvalue weighted by atomic mass is 10.2. The molecule has 0 radical (unpaired) electrons. The number of sulfonamides is 1. The number of aryl methyl sites for hydroxylation is 1. The first-order chi connectivity index (χ1) is 13.8. The third-order valence-corrected chi connectivity index (χ3v) is 6.84. The first-order valence-corrected chi connectivity index (χ1v) is 11.4. The van der Waals surface area contributed by atoms with E-state index < -0.39 is 10.0 Å². The number of hydrogen-bond donors (Lipinski definition) is 2. The lowest BCUT2D eigenvalue weighted by Crippen LogP contribution is -2.36. The van der Waals surface area contributed by atoms with Crippen LogP contribution < -0.4 is 14.8 Å². The van der Waals surface area contributed by atoms with Crippen LogP contribution in [-0.4, -0.2) is 27.0 Å². The van der Waals surface area contributed by atoms with Crippen molar-refractivity contribution in [2.24, 2.45) is 0 Å². The average Bonchev–Trinajstić information content (AvgIpc) is 3.24. The smallest absolute Gasteiger partial charge is 0.271 e. The molecule has 29 heavy (non-hydrogen) atoms. The number of thiophene rings is 1. The third kappa shape index (κ3) is 5.82. The van der Waals surface area contributed by atoms with E-state index in [4.69, 9.17) is 4.74 Å². The molecule has 1 heterocycles. The quantitative estimate of drug-likeness (QED) is 0.565. The molecule has 6 nitrogen and oxygen atoms in total. The monoisotopic (exact) mass is 430 g/mol. The second kappa shape index (κ2) is 9.11. The molecule has 1 aromatic heterocycles. The molecular weight excluding hydrogens is 408 g/mol. The van der Waals surface area contributed by atoms with Gasteiger partial charge in [-0.1, -0.05) is 23.8 Å². The predicted molar refractivity (Wildman–Crippen MR) is 115 cm³/mol. The fraction of sp³-hybridized carbons (Fsp3) is 0.190. The van der Waals surface area contributed by atoms with Crippen molar-refractivity contribution in [2.45, 2.75) is 24.1 Å². The zero-order valence-corrected chi connectivity index (χ0v) is 17.7. The molecule has 1 amide bonds. The molecule has 2 N–H and O–H groups in total. The predicted octanol–water partition coefficient (Wildman–Crippen LogP) is 4.05. The molecular formula is C21H22N2O4S2. The fourth-order valence-corrected chi connectivity index (χ4v) is 4.57. The van der Waals surface area contributed by atoms with Crippen molar-refractivity contribution < 1.29 is 17.9 Å². The van der Waals surface area contributed by atoms with E-state index in [0.717, 1.165) is 22.6 Å². The molecule has 3 rings (SSSR count). The van der Waals surface area contributed by atoms with Gasteiger partial charge in [0.1, 0.15) is 16.6 Å². The van der Waals surface area contributed by atoms with E-state index in [1.54, 1.807) is 35.7 Å². The van der Waals surface area contributed by atoms with Gasteiger partial charge >= 0.3 is 0 Å². The zero-order valence-electron chi connectivity index (χ0n) is 16.1. The van der Waals surface area contributed by atoms with Crippen LogP contribution in [0.3, 0.4) is 0 Å². The molecule has 0 fully saturated rings. The van der Waals surface area contributed by atoms with Gasteiger partial charge in [-0.25, -0.2) is 8.42 Å². The summed E-state index contributed by atoms with van der Waals surface area (Å²) in [7, 11) is -3.61. The second-order valence-electron chi connectivity index (χ2n) is 6.61. The third-order valence-electron chi connectivity index (χ3n) is 4.06. The summed E-state index contributed by atoms with van der Waals surface area (Å²) >= 11 is 1.14. The Labute approximate surface area is 174 Å². The van der Waals surface area contributed by atoms with Gasteiger partial charge in [-0.15, -0.1) is 11.3 Å². The molecule has 0 saturated heterocycles. The Balaban J connectivity index is 1.53. The second-order valence-corrected chi connectivity index (χ2v) is 9.47. The van der Waals surface area contributed by atoms with Crippen LogP contribution in [0.15, 0.2) is 70.3 Å². The minimum absolute atomic E-state index is 0.194. The maximum Gasteiger partial charge on any atom is 0.271 e. The van der Waals surface area contributed by atoms with E-state index in [1.165, 1.54) is 6.07 Å². The number of nitrogens with one attached hydrogen (secondary N) is 2. The molecule has 8 heteroatoms. The van der Waals surface area contributed by atoms with Crippen molar-refractivity contribution in [1.29, 1.82) is 0 Å². The van der Waals surface area contributed by atoms with Crippen molar-refractivity contribution in [3.05, 3.63) is 77.2 Å². The Morgan fingerprint density at radius 1 is 1.07 bits per heavy atom. The number of anilines is 1. The van der Waals surface area contributed by atoms with Crippen molar-refractivity contribution in [3.63, 3.8) is 0 Å². The molecule has 2 aromatic carbocycles. The summed E-state index contributed by atoms with van der Waals surface area (Å²) in [5.74, 6) is 0.497. The Bertz CT molecular complexity index is 1050. The van der Waals surface area contributed by atoms with Crippen LogP contribution in [0.1, 0.15) is 22.8 Å². The SMILES string of the molecule is Cc1ccc(OC[C@H](C)NC(=O)c2ccc(NS(=O)(=O)c3cccs3)cc2)cc1. The average molecular weight is 431 g/mol. The molecule has 0 unspecified atom stereocenters. The van der Waals surface area contributed by atoms with Gasteiger partial charge in [-0.2, -0.15) is 0 Å².